The van der Waals surface area contributed by atoms with E-state index in [-0.39, 0.29) is 65.4 Å². The van der Waals surface area contributed by atoms with Crippen LogP contribution in [0, 0.1) is 0 Å². The number of allylic oxidation sites excluding steroid dienone is 1. The van der Waals surface area contributed by atoms with Crippen LogP contribution in [-0.2, 0) is 65.4 Å². The minimum Gasteiger partial charge on any atom is -0.126 e. The molecule has 3 aromatic carbocycles. The molecule has 0 nitrogen and oxygen atoms in total. The summed E-state index contributed by atoms with van der Waals surface area (Å²) in [6.45, 7) is 2.05. The van der Waals surface area contributed by atoms with Crippen LogP contribution in [0.4, 0.5) is 0 Å². The van der Waals surface area contributed by atoms with E-state index in [2.05, 4.69) is 60.7 Å². The van der Waals surface area contributed by atoms with Crippen LogP contribution < -0.4 is 0 Å². The summed E-state index contributed by atoms with van der Waals surface area (Å²) in [5.41, 5.74) is 1.27. The van der Waals surface area contributed by atoms with Gasteiger partial charge >= 0.3 is 0 Å². The molecule has 0 aliphatic carbocycles. The minimum atomic E-state index is 0. The van der Waals surface area contributed by atoms with Crippen molar-refractivity contribution in [2.75, 3.05) is 0 Å². The van der Waals surface area contributed by atoms with E-state index in [1.165, 1.54) is 27.1 Å². The molecule has 0 aliphatic rings. The summed E-state index contributed by atoms with van der Waals surface area (Å²) in [5, 5.41) is 5.36. The predicted octanol–water partition coefficient (Wildman–Crippen LogP) is 4.74. The summed E-state index contributed by atoms with van der Waals surface area (Å²) in [7, 11) is 0. The van der Waals surface area contributed by atoms with Crippen molar-refractivity contribution in [2.24, 2.45) is 0 Å². The van der Waals surface area contributed by atoms with Gasteiger partial charge in [-0.2, -0.15) is 0 Å². The monoisotopic (exact) mass is 383 g/mol. The van der Waals surface area contributed by atoms with Crippen molar-refractivity contribution in [2.45, 2.75) is 6.92 Å². The summed E-state index contributed by atoms with van der Waals surface area (Å²) >= 11 is 0. The average molecular weight is 383 g/mol. The standard InChI is InChI=1S/C16H13.2Y/c1-2-5-12-8-9-16-14(10-12)11-13-6-3-4-7-15(13)16;;/h2-11H,1H3;;/q-1;;/b5-2+;;. The molecule has 0 aliphatic heterocycles. The first-order valence-corrected chi connectivity index (χ1v) is 5.59. The molecule has 2 radical (unpaired) electrons. The van der Waals surface area contributed by atoms with Gasteiger partial charge in [0, 0.05) is 65.4 Å². The number of hydrogen-bond acceptors (Lipinski definition) is 0. The van der Waals surface area contributed by atoms with Crippen LogP contribution in [0.1, 0.15) is 12.5 Å². The zero-order valence-electron chi connectivity index (χ0n) is 10.4. The van der Waals surface area contributed by atoms with E-state index in [0.717, 1.165) is 0 Å². The first-order chi connectivity index (χ1) is 7.88. The van der Waals surface area contributed by atoms with Crippen molar-refractivity contribution in [1.82, 2.24) is 0 Å². The van der Waals surface area contributed by atoms with Crippen molar-refractivity contribution in [1.29, 1.82) is 0 Å². The first kappa shape index (κ1) is 16.3. The summed E-state index contributed by atoms with van der Waals surface area (Å²) in [5.74, 6) is 0. The van der Waals surface area contributed by atoms with Gasteiger partial charge < -0.3 is 0 Å². The quantitative estimate of drug-likeness (QED) is 0.533. The predicted molar refractivity (Wildman–Crippen MR) is 71.8 cm³/mol. The number of benzene rings is 2. The van der Waals surface area contributed by atoms with Gasteiger partial charge in [-0.05, 0) is 6.92 Å². The Balaban J connectivity index is 0.000000810. The molecule has 84 valence electrons. The largest absolute Gasteiger partial charge is 0.126 e. The van der Waals surface area contributed by atoms with Gasteiger partial charge in [-0.25, -0.2) is 0 Å². The van der Waals surface area contributed by atoms with Gasteiger partial charge in [-0.15, -0.1) is 39.7 Å². The third kappa shape index (κ3) is 3.04. The maximum absolute atomic E-state index is 2.26. The van der Waals surface area contributed by atoms with E-state index in [1.807, 2.05) is 6.92 Å². The molecule has 3 rings (SSSR count). The average Bonchev–Trinajstić information content (AvgIpc) is 2.67. The molecule has 0 heterocycles. The van der Waals surface area contributed by atoms with Crippen molar-refractivity contribution in [3.8, 4) is 0 Å². The van der Waals surface area contributed by atoms with Crippen LogP contribution in [0.3, 0.4) is 0 Å². The van der Waals surface area contributed by atoms with Crippen LogP contribution in [0.15, 0.2) is 54.6 Å². The molecule has 0 unspecified atom stereocenters. The second kappa shape index (κ2) is 7.15. The molecule has 0 bridgehead atoms. The maximum atomic E-state index is 2.26. The van der Waals surface area contributed by atoms with E-state index < -0.39 is 0 Å². The topological polar surface area (TPSA) is 0 Å². The Morgan fingerprint density at radius 1 is 0.889 bits per heavy atom. The maximum Gasteiger partial charge on any atom is 0 e. The number of hydrogen-bond donors (Lipinski definition) is 0. The van der Waals surface area contributed by atoms with E-state index >= 15 is 0 Å². The van der Waals surface area contributed by atoms with Crippen LogP contribution in [-0.4, -0.2) is 0 Å². The summed E-state index contributed by atoms with van der Waals surface area (Å²) in [4.78, 5) is 0. The molecule has 0 aromatic heterocycles. The van der Waals surface area contributed by atoms with Gasteiger partial charge in [-0.3, -0.25) is 0 Å². The number of rotatable bonds is 1. The van der Waals surface area contributed by atoms with Crippen LogP contribution in [0.5, 0.6) is 0 Å². The SMILES string of the molecule is C/C=C/c1ccc2c(c1)[cH-]c1ccccc12.[Y].[Y]. The first-order valence-electron chi connectivity index (χ1n) is 5.59. The van der Waals surface area contributed by atoms with Crippen molar-refractivity contribution < 1.29 is 65.4 Å². The van der Waals surface area contributed by atoms with Crippen LogP contribution in [0.2, 0.25) is 0 Å². The second-order valence-electron chi connectivity index (χ2n) is 4.08. The molecule has 0 atom stereocenters. The third-order valence-corrected chi connectivity index (χ3v) is 3.00. The van der Waals surface area contributed by atoms with Crippen molar-refractivity contribution in [3.63, 3.8) is 0 Å². The molecule has 0 amide bonds. The molecular weight excluding hydrogens is 370 g/mol. The van der Waals surface area contributed by atoms with E-state index in [9.17, 15) is 0 Å². The van der Waals surface area contributed by atoms with Gasteiger partial charge in [0.15, 0.2) is 0 Å². The van der Waals surface area contributed by atoms with Gasteiger partial charge in [0.05, 0.1) is 0 Å². The van der Waals surface area contributed by atoms with Crippen molar-refractivity contribution in [3.05, 3.63) is 60.2 Å². The third-order valence-electron chi connectivity index (χ3n) is 3.00. The Hall–Kier alpha value is 0.258. The molecule has 0 N–H and O–H groups in total. The van der Waals surface area contributed by atoms with Gasteiger partial charge in [0.25, 0.3) is 0 Å². The molecule has 18 heavy (non-hydrogen) atoms. The zero-order chi connectivity index (χ0) is 11.0. The fraction of sp³-hybridized carbons (Fsp3) is 0.0625. The van der Waals surface area contributed by atoms with Gasteiger partial charge in [0.2, 0.25) is 0 Å². The van der Waals surface area contributed by atoms with Crippen LogP contribution in [0.25, 0.3) is 27.6 Å². The molecule has 3 aromatic rings. The zero-order valence-corrected chi connectivity index (χ0v) is 16.1. The molecule has 0 saturated heterocycles. The van der Waals surface area contributed by atoms with Gasteiger partial charge in [-0.1, -0.05) is 48.0 Å². The Morgan fingerprint density at radius 3 is 2.39 bits per heavy atom. The summed E-state index contributed by atoms with van der Waals surface area (Å²) in [6.07, 6.45) is 4.21. The summed E-state index contributed by atoms with van der Waals surface area (Å²) in [6, 6.07) is 17.4. The number of fused-ring (bicyclic) bond motifs is 3. The fourth-order valence-corrected chi connectivity index (χ4v) is 2.28. The Labute approximate surface area is 158 Å². The van der Waals surface area contributed by atoms with E-state index in [0.29, 0.717) is 0 Å². The van der Waals surface area contributed by atoms with E-state index in [4.69, 9.17) is 0 Å². The molecular formula is C16H13Y2-. The smallest absolute Gasteiger partial charge is 0 e. The van der Waals surface area contributed by atoms with E-state index in [1.54, 1.807) is 0 Å². The summed E-state index contributed by atoms with van der Waals surface area (Å²) < 4.78 is 0. The second-order valence-corrected chi connectivity index (χ2v) is 4.08. The molecule has 0 spiro atoms. The molecule has 0 fully saturated rings. The fourth-order valence-electron chi connectivity index (χ4n) is 2.28. The van der Waals surface area contributed by atoms with Crippen LogP contribution >= 0.6 is 0 Å². The molecule has 2 heteroatoms. The van der Waals surface area contributed by atoms with Gasteiger partial charge in [0.1, 0.15) is 0 Å². The Kier molecular flexibility index (Phi) is 6.48. The Morgan fingerprint density at radius 2 is 1.61 bits per heavy atom. The minimum absolute atomic E-state index is 0. The normalized spacial score (nSPS) is 10.5. The van der Waals surface area contributed by atoms with Crippen molar-refractivity contribution >= 4 is 27.6 Å². The molecule has 0 saturated carbocycles. The Bertz CT molecular complexity index is 678.